The highest BCUT2D eigenvalue weighted by Gasteiger charge is 2.19. The van der Waals surface area contributed by atoms with E-state index in [9.17, 15) is 8.42 Å². The van der Waals surface area contributed by atoms with Crippen LogP contribution in [0.1, 0.15) is 39.0 Å². The molecule has 0 aromatic heterocycles. The average Bonchev–Trinajstić information content (AvgIpc) is 3.04. The Morgan fingerprint density at radius 2 is 2.05 bits per heavy atom. The van der Waals surface area contributed by atoms with Crippen molar-refractivity contribution in [2.45, 2.75) is 50.0 Å². The van der Waals surface area contributed by atoms with E-state index < -0.39 is 10.0 Å². The number of nitrogens with one attached hydrogen (secondary N) is 2. The van der Waals surface area contributed by atoms with Gasteiger partial charge in [-0.2, -0.15) is 0 Å². The van der Waals surface area contributed by atoms with Gasteiger partial charge in [-0.05, 0) is 50.1 Å². The van der Waals surface area contributed by atoms with Gasteiger partial charge in [0, 0.05) is 12.6 Å². The van der Waals surface area contributed by atoms with Crippen LogP contribution in [0.15, 0.2) is 29.2 Å². The molecule has 1 aromatic carbocycles. The van der Waals surface area contributed by atoms with E-state index in [4.69, 9.17) is 4.74 Å². The molecule has 1 fully saturated rings. The van der Waals surface area contributed by atoms with Crippen molar-refractivity contribution in [2.75, 3.05) is 19.7 Å². The molecule has 1 heterocycles. The zero-order valence-electron chi connectivity index (χ0n) is 13.2. The molecular formula is C16H26N2O3S. The summed E-state index contributed by atoms with van der Waals surface area (Å²) in [4.78, 5) is 0.284. The van der Waals surface area contributed by atoms with Crippen LogP contribution in [-0.4, -0.2) is 34.2 Å². The lowest BCUT2D eigenvalue weighted by atomic mass is 10.2. The molecule has 2 rings (SSSR count). The summed E-state index contributed by atoms with van der Waals surface area (Å²) >= 11 is 0. The third-order valence-corrected chi connectivity index (χ3v) is 5.27. The van der Waals surface area contributed by atoms with E-state index in [1.807, 2.05) is 0 Å². The Morgan fingerprint density at radius 3 is 2.68 bits per heavy atom. The topological polar surface area (TPSA) is 67.4 Å². The van der Waals surface area contributed by atoms with Crippen molar-refractivity contribution in [3.05, 3.63) is 24.3 Å². The van der Waals surface area contributed by atoms with E-state index in [0.29, 0.717) is 18.9 Å². The Balaban J connectivity index is 1.85. The summed E-state index contributed by atoms with van der Waals surface area (Å²) in [5.41, 5.74) is 0. The van der Waals surface area contributed by atoms with Crippen LogP contribution >= 0.6 is 0 Å². The summed E-state index contributed by atoms with van der Waals surface area (Å²) in [6, 6.07) is 6.87. The van der Waals surface area contributed by atoms with Gasteiger partial charge in [-0.3, -0.25) is 0 Å². The van der Waals surface area contributed by atoms with Crippen molar-refractivity contribution in [3.8, 4) is 5.75 Å². The molecule has 0 amide bonds. The smallest absolute Gasteiger partial charge is 0.240 e. The second kappa shape index (κ2) is 8.50. The molecule has 0 bridgehead atoms. The number of unbranched alkanes of at least 4 members (excludes halogenated alkanes) is 2. The van der Waals surface area contributed by atoms with E-state index in [0.717, 1.165) is 38.6 Å². The summed E-state index contributed by atoms with van der Waals surface area (Å²) in [5, 5.41) is 3.28. The van der Waals surface area contributed by atoms with E-state index in [2.05, 4.69) is 17.0 Å². The number of hydrogen-bond acceptors (Lipinski definition) is 4. The Labute approximate surface area is 133 Å². The van der Waals surface area contributed by atoms with Crippen molar-refractivity contribution < 1.29 is 13.2 Å². The molecular weight excluding hydrogens is 300 g/mol. The van der Waals surface area contributed by atoms with Crippen molar-refractivity contribution in [2.24, 2.45) is 0 Å². The van der Waals surface area contributed by atoms with Gasteiger partial charge >= 0.3 is 0 Å². The van der Waals surface area contributed by atoms with Crippen LogP contribution in [0.4, 0.5) is 0 Å². The molecule has 5 nitrogen and oxygen atoms in total. The molecule has 0 saturated carbocycles. The third kappa shape index (κ3) is 5.26. The highest BCUT2D eigenvalue weighted by Crippen LogP contribution is 2.16. The fraction of sp³-hybridized carbons (Fsp3) is 0.625. The fourth-order valence-electron chi connectivity index (χ4n) is 2.48. The number of ether oxygens (including phenoxy) is 1. The number of benzene rings is 1. The van der Waals surface area contributed by atoms with Gasteiger partial charge in [0.05, 0.1) is 11.5 Å². The van der Waals surface area contributed by atoms with Crippen LogP contribution in [0.2, 0.25) is 0 Å². The SMILES string of the molecule is CCCCCOc1ccc(S(=O)(=O)NCC2CCCN2)cc1. The minimum atomic E-state index is -3.44. The quantitative estimate of drug-likeness (QED) is 0.683. The molecule has 1 unspecified atom stereocenters. The third-order valence-electron chi connectivity index (χ3n) is 3.83. The molecule has 1 atom stereocenters. The van der Waals surface area contributed by atoms with Crippen molar-refractivity contribution >= 4 is 10.0 Å². The van der Waals surface area contributed by atoms with Gasteiger partial charge in [-0.15, -0.1) is 0 Å². The first-order chi connectivity index (χ1) is 10.6. The van der Waals surface area contributed by atoms with Gasteiger partial charge in [-0.25, -0.2) is 13.1 Å². The fourth-order valence-corrected chi connectivity index (χ4v) is 3.56. The van der Waals surface area contributed by atoms with Crippen LogP contribution in [0.3, 0.4) is 0 Å². The van der Waals surface area contributed by atoms with E-state index in [1.165, 1.54) is 0 Å². The van der Waals surface area contributed by atoms with E-state index >= 15 is 0 Å². The Kier molecular flexibility index (Phi) is 6.67. The van der Waals surface area contributed by atoms with Crippen molar-refractivity contribution in [3.63, 3.8) is 0 Å². The maximum absolute atomic E-state index is 12.2. The first-order valence-electron chi connectivity index (χ1n) is 8.08. The largest absolute Gasteiger partial charge is 0.494 e. The zero-order valence-corrected chi connectivity index (χ0v) is 14.0. The minimum absolute atomic E-state index is 0.246. The lowest BCUT2D eigenvalue weighted by Gasteiger charge is -2.12. The Morgan fingerprint density at radius 1 is 1.27 bits per heavy atom. The highest BCUT2D eigenvalue weighted by atomic mass is 32.2. The van der Waals surface area contributed by atoms with Crippen molar-refractivity contribution in [1.29, 1.82) is 0 Å². The van der Waals surface area contributed by atoms with Crippen LogP contribution in [0.25, 0.3) is 0 Å². The van der Waals surface area contributed by atoms with Gasteiger partial charge in [0.15, 0.2) is 0 Å². The zero-order chi connectivity index (χ0) is 15.8. The standard InChI is InChI=1S/C16H26N2O3S/c1-2-3-4-12-21-15-7-9-16(10-8-15)22(19,20)18-13-14-6-5-11-17-14/h7-10,14,17-18H,2-6,11-13H2,1H3. The maximum Gasteiger partial charge on any atom is 0.240 e. The van der Waals surface area contributed by atoms with Gasteiger partial charge in [-0.1, -0.05) is 19.8 Å². The van der Waals surface area contributed by atoms with Crippen LogP contribution < -0.4 is 14.8 Å². The second-order valence-electron chi connectivity index (χ2n) is 5.67. The summed E-state index contributed by atoms with van der Waals surface area (Å²) in [6.45, 7) is 4.23. The van der Waals surface area contributed by atoms with Crippen LogP contribution in [-0.2, 0) is 10.0 Å². The predicted octanol–water partition coefficient (Wildman–Crippen LogP) is 2.29. The molecule has 22 heavy (non-hydrogen) atoms. The van der Waals surface area contributed by atoms with Gasteiger partial charge < -0.3 is 10.1 Å². The summed E-state index contributed by atoms with van der Waals surface area (Å²) < 4.78 is 32.7. The number of rotatable bonds is 9. The van der Waals surface area contributed by atoms with Crippen molar-refractivity contribution in [1.82, 2.24) is 10.0 Å². The average molecular weight is 326 g/mol. The normalized spacial score (nSPS) is 18.5. The molecule has 0 spiro atoms. The number of sulfonamides is 1. The van der Waals surface area contributed by atoms with Gasteiger partial charge in [0.25, 0.3) is 0 Å². The number of hydrogen-bond donors (Lipinski definition) is 2. The first-order valence-corrected chi connectivity index (χ1v) is 9.56. The van der Waals surface area contributed by atoms with Crippen LogP contribution in [0, 0.1) is 0 Å². The molecule has 0 radical (unpaired) electrons. The van der Waals surface area contributed by atoms with E-state index in [1.54, 1.807) is 24.3 Å². The Hall–Kier alpha value is -1.11. The molecule has 1 aromatic rings. The highest BCUT2D eigenvalue weighted by molar-refractivity contribution is 7.89. The molecule has 1 saturated heterocycles. The van der Waals surface area contributed by atoms with Crippen LogP contribution in [0.5, 0.6) is 5.75 Å². The lowest BCUT2D eigenvalue weighted by molar-refractivity contribution is 0.306. The Bertz CT molecular complexity index is 537. The van der Waals surface area contributed by atoms with Gasteiger partial charge in [0.1, 0.15) is 5.75 Å². The summed E-state index contributed by atoms with van der Waals surface area (Å²) in [6.07, 6.45) is 5.45. The monoisotopic (exact) mass is 326 g/mol. The lowest BCUT2D eigenvalue weighted by Crippen LogP contribution is -2.37. The molecule has 1 aliphatic rings. The maximum atomic E-state index is 12.2. The second-order valence-corrected chi connectivity index (χ2v) is 7.44. The minimum Gasteiger partial charge on any atom is -0.494 e. The molecule has 1 aliphatic heterocycles. The first kappa shape index (κ1) is 17.2. The molecule has 0 aliphatic carbocycles. The molecule has 6 heteroatoms. The van der Waals surface area contributed by atoms with E-state index in [-0.39, 0.29) is 10.9 Å². The predicted molar refractivity (Wildman–Crippen MR) is 87.7 cm³/mol. The molecule has 124 valence electrons. The summed E-state index contributed by atoms with van der Waals surface area (Å²) in [7, 11) is -3.44. The van der Waals surface area contributed by atoms with Gasteiger partial charge in [0.2, 0.25) is 10.0 Å². The molecule has 2 N–H and O–H groups in total. The summed E-state index contributed by atoms with van der Waals surface area (Å²) in [5.74, 6) is 0.715.